The van der Waals surface area contributed by atoms with E-state index >= 15 is 0 Å². The van der Waals surface area contributed by atoms with Gasteiger partial charge in [-0.1, -0.05) is 32.0 Å². The molecule has 2 aromatic rings. The van der Waals surface area contributed by atoms with Gasteiger partial charge < -0.3 is 10.1 Å². The monoisotopic (exact) mass is 431 g/mol. The van der Waals surface area contributed by atoms with Gasteiger partial charge in [0.15, 0.2) is 5.78 Å². The molecule has 1 N–H and O–H groups in total. The number of Topliss-reactive ketones (excluding diaryl/α,β-unsaturated/α-hetero) is 1. The van der Waals surface area contributed by atoms with Gasteiger partial charge in [-0.2, -0.15) is 0 Å². The standard InChI is InChI=1S/C26H29N3O3/c1-15-8-6-11-21(27-15)29-25(31)22-16(2)28-19-13-26(3,4)14-20(30)24(19)23(22)17-9-7-10-18(12-17)32-5/h6-12,22-23H,13-14H2,1-5H3,(H,27,29,31)/t22?,23-/m1/s1. The first kappa shape index (κ1) is 21.9. The number of amides is 1. The van der Waals surface area contributed by atoms with E-state index in [2.05, 4.69) is 24.1 Å². The minimum atomic E-state index is -0.617. The molecule has 1 aromatic carbocycles. The first-order valence-electron chi connectivity index (χ1n) is 10.9. The second kappa shape index (κ2) is 8.34. The maximum atomic E-state index is 13.5. The summed E-state index contributed by atoms with van der Waals surface area (Å²) in [5.41, 5.74) is 3.69. The molecular formula is C26H29N3O3. The normalized spacial score (nSPS) is 22.2. The molecule has 0 spiro atoms. The van der Waals surface area contributed by atoms with Crippen LogP contribution in [0.5, 0.6) is 5.75 Å². The van der Waals surface area contributed by atoms with Gasteiger partial charge in [0, 0.05) is 35.0 Å². The fourth-order valence-corrected chi connectivity index (χ4v) is 4.80. The number of pyridine rings is 1. The van der Waals surface area contributed by atoms with Crippen molar-refractivity contribution in [2.24, 2.45) is 16.3 Å². The summed E-state index contributed by atoms with van der Waals surface area (Å²) in [6, 6.07) is 13.1. The van der Waals surface area contributed by atoms with Gasteiger partial charge >= 0.3 is 0 Å². The maximum absolute atomic E-state index is 13.5. The van der Waals surface area contributed by atoms with Crippen LogP contribution in [0.15, 0.2) is 58.7 Å². The number of aromatic nitrogens is 1. The highest BCUT2D eigenvalue weighted by Crippen LogP contribution is 2.48. The van der Waals surface area contributed by atoms with E-state index in [1.54, 1.807) is 13.2 Å². The lowest BCUT2D eigenvalue weighted by Gasteiger charge is -2.39. The summed E-state index contributed by atoms with van der Waals surface area (Å²) >= 11 is 0. The van der Waals surface area contributed by atoms with E-state index in [9.17, 15) is 9.59 Å². The molecule has 1 unspecified atom stereocenters. The summed E-state index contributed by atoms with van der Waals surface area (Å²) in [5.74, 6) is -0.0246. The van der Waals surface area contributed by atoms with Crippen LogP contribution in [0, 0.1) is 18.3 Å². The number of carbonyl (C=O) groups is 2. The SMILES string of the molecule is COc1cccc([C@H]2C3=C(CC(C)(C)CC3=O)N=C(C)C2C(=O)Nc2cccc(C)n2)c1. The number of aryl methyl sites for hydroxylation is 1. The molecule has 166 valence electrons. The lowest BCUT2D eigenvalue weighted by molar-refractivity contribution is -0.119. The first-order valence-corrected chi connectivity index (χ1v) is 10.9. The Hall–Kier alpha value is -3.28. The highest BCUT2D eigenvalue weighted by molar-refractivity contribution is 6.13. The van der Waals surface area contributed by atoms with Crippen molar-refractivity contribution < 1.29 is 14.3 Å². The van der Waals surface area contributed by atoms with E-state index in [4.69, 9.17) is 9.73 Å². The van der Waals surface area contributed by atoms with Crippen molar-refractivity contribution in [2.75, 3.05) is 12.4 Å². The molecule has 0 saturated heterocycles. The minimum absolute atomic E-state index is 0.0619. The topological polar surface area (TPSA) is 80.6 Å². The molecule has 1 aromatic heterocycles. The summed E-state index contributed by atoms with van der Waals surface area (Å²) in [7, 11) is 1.61. The number of ketones is 1. The van der Waals surface area contributed by atoms with Crippen LogP contribution in [0.1, 0.15) is 50.8 Å². The molecule has 2 heterocycles. The second-order valence-electron chi connectivity index (χ2n) is 9.44. The molecule has 2 aliphatic rings. The fraction of sp³-hybridized carbons (Fsp3) is 0.385. The predicted molar refractivity (Wildman–Crippen MR) is 125 cm³/mol. The van der Waals surface area contributed by atoms with Crippen molar-refractivity contribution >= 4 is 23.2 Å². The molecule has 1 aliphatic carbocycles. The van der Waals surface area contributed by atoms with Crippen molar-refractivity contribution in [1.82, 2.24) is 4.98 Å². The third-order valence-corrected chi connectivity index (χ3v) is 6.18. The van der Waals surface area contributed by atoms with Crippen molar-refractivity contribution in [3.8, 4) is 5.75 Å². The van der Waals surface area contributed by atoms with E-state index in [1.165, 1.54) is 0 Å². The summed E-state index contributed by atoms with van der Waals surface area (Å²) in [6.07, 6.45) is 1.15. The van der Waals surface area contributed by atoms with Crippen LogP contribution >= 0.6 is 0 Å². The van der Waals surface area contributed by atoms with Crippen LogP contribution in [0.25, 0.3) is 0 Å². The first-order chi connectivity index (χ1) is 15.2. The molecule has 2 atom stereocenters. The van der Waals surface area contributed by atoms with E-state index in [1.807, 2.05) is 50.2 Å². The van der Waals surface area contributed by atoms with Gasteiger partial charge in [0.25, 0.3) is 0 Å². The number of hydrogen-bond donors (Lipinski definition) is 1. The largest absolute Gasteiger partial charge is 0.497 e. The third-order valence-electron chi connectivity index (χ3n) is 6.18. The Morgan fingerprint density at radius 3 is 2.59 bits per heavy atom. The quantitative estimate of drug-likeness (QED) is 0.750. The smallest absolute Gasteiger partial charge is 0.235 e. The summed E-state index contributed by atoms with van der Waals surface area (Å²) < 4.78 is 5.43. The zero-order valence-electron chi connectivity index (χ0n) is 19.2. The Labute approximate surface area is 188 Å². The molecule has 4 rings (SSSR count). The lowest BCUT2D eigenvalue weighted by atomic mass is 9.66. The number of methoxy groups -OCH3 is 1. The molecule has 0 radical (unpaired) electrons. The van der Waals surface area contributed by atoms with E-state index in [0.717, 1.165) is 17.0 Å². The van der Waals surface area contributed by atoms with Crippen molar-refractivity contribution in [2.45, 2.75) is 46.5 Å². The average molecular weight is 432 g/mol. The Bertz CT molecular complexity index is 1150. The Morgan fingerprint density at radius 2 is 1.88 bits per heavy atom. The average Bonchev–Trinajstić information content (AvgIpc) is 2.71. The van der Waals surface area contributed by atoms with E-state index in [0.29, 0.717) is 35.7 Å². The highest BCUT2D eigenvalue weighted by atomic mass is 16.5. The summed E-state index contributed by atoms with van der Waals surface area (Å²) in [4.78, 5) is 36.1. The maximum Gasteiger partial charge on any atom is 0.235 e. The number of nitrogens with one attached hydrogen (secondary N) is 1. The highest BCUT2D eigenvalue weighted by Gasteiger charge is 2.45. The van der Waals surface area contributed by atoms with Gasteiger partial charge in [0.05, 0.1) is 13.0 Å². The number of benzene rings is 1. The van der Waals surface area contributed by atoms with Gasteiger partial charge in [-0.3, -0.25) is 14.6 Å². The van der Waals surface area contributed by atoms with Crippen LogP contribution in [-0.4, -0.2) is 29.5 Å². The van der Waals surface area contributed by atoms with Crippen molar-refractivity contribution in [1.29, 1.82) is 0 Å². The summed E-state index contributed by atoms with van der Waals surface area (Å²) in [5, 5.41) is 2.94. The molecule has 0 bridgehead atoms. The van der Waals surface area contributed by atoms with Gasteiger partial charge in [-0.15, -0.1) is 0 Å². The number of allylic oxidation sites excluding steroid dienone is 2. The van der Waals surface area contributed by atoms with E-state index in [-0.39, 0.29) is 17.1 Å². The van der Waals surface area contributed by atoms with Crippen LogP contribution in [-0.2, 0) is 9.59 Å². The molecule has 1 amide bonds. The molecule has 6 nitrogen and oxygen atoms in total. The van der Waals surface area contributed by atoms with Crippen molar-refractivity contribution in [3.63, 3.8) is 0 Å². The number of aliphatic imine (C=N–C) groups is 1. The Morgan fingerprint density at radius 1 is 1.12 bits per heavy atom. The number of hydrogen-bond acceptors (Lipinski definition) is 5. The van der Waals surface area contributed by atoms with E-state index < -0.39 is 11.8 Å². The molecular weight excluding hydrogens is 402 g/mol. The van der Waals surface area contributed by atoms with Crippen LogP contribution < -0.4 is 10.1 Å². The summed E-state index contributed by atoms with van der Waals surface area (Å²) in [6.45, 7) is 7.92. The molecule has 6 heteroatoms. The Kier molecular flexibility index (Phi) is 5.71. The van der Waals surface area contributed by atoms with Crippen molar-refractivity contribution in [3.05, 3.63) is 65.0 Å². The van der Waals surface area contributed by atoms with Crippen LogP contribution in [0.3, 0.4) is 0 Å². The minimum Gasteiger partial charge on any atom is -0.497 e. The number of ether oxygens (including phenoxy) is 1. The Balaban J connectivity index is 1.81. The lowest BCUT2D eigenvalue weighted by Crippen LogP contribution is -2.41. The van der Waals surface area contributed by atoms with Gasteiger partial charge in [-0.05, 0) is 55.5 Å². The molecule has 0 saturated carbocycles. The van der Waals surface area contributed by atoms with Gasteiger partial charge in [0.1, 0.15) is 11.6 Å². The fourth-order valence-electron chi connectivity index (χ4n) is 4.80. The zero-order valence-corrected chi connectivity index (χ0v) is 19.2. The van der Waals surface area contributed by atoms with Gasteiger partial charge in [-0.25, -0.2) is 4.98 Å². The molecule has 0 fully saturated rings. The zero-order chi connectivity index (χ0) is 23.0. The number of nitrogens with zero attached hydrogens (tertiary/aromatic N) is 2. The predicted octanol–water partition coefficient (Wildman–Crippen LogP) is 4.85. The molecule has 1 aliphatic heterocycles. The number of carbonyl (C=O) groups excluding carboxylic acids is 2. The third kappa shape index (κ3) is 4.22. The van der Waals surface area contributed by atoms with Crippen LogP contribution in [0.2, 0.25) is 0 Å². The second-order valence-corrected chi connectivity index (χ2v) is 9.44. The number of anilines is 1. The molecule has 32 heavy (non-hydrogen) atoms. The van der Waals surface area contributed by atoms with Crippen LogP contribution in [0.4, 0.5) is 5.82 Å². The number of rotatable bonds is 4. The van der Waals surface area contributed by atoms with Gasteiger partial charge in [0.2, 0.25) is 5.91 Å².